The van der Waals surface area contributed by atoms with E-state index >= 15 is 0 Å². The van der Waals surface area contributed by atoms with Crippen molar-refractivity contribution < 1.29 is 14.0 Å². The van der Waals surface area contributed by atoms with Crippen molar-refractivity contribution in [2.24, 2.45) is 0 Å². The predicted molar refractivity (Wildman–Crippen MR) is 74.3 cm³/mol. The Morgan fingerprint density at radius 3 is 3.05 bits per heavy atom. The summed E-state index contributed by atoms with van der Waals surface area (Å²) < 4.78 is 17.4. The van der Waals surface area contributed by atoms with Gasteiger partial charge in [0.15, 0.2) is 5.76 Å². The molecule has 0 aromatic carbocycles. The molecule has 6 nitrogen and oxygen atoms in total. The van der Waals surface area contributed by atoms with Gasteiger partial charge < -0.3 is 23.9 Å². The smallest absolute Gasteiger partial charge is 0.162 e. The first kappa shape index (κ1) is 14.8. The number of nitrogens with one attached hydrogen (secondary N) is 1. The molecule has 0 aliphatic heterocycles. The van der Waals surface area contributed by atoms with E-state index in [0.29, 0.717) is 19.8 Å². The van der Waals surface area contributed by atoms with Crippen LogP contribution < -0.4 is 5.32 Å². The largest absolute Gasteiger partial charge is 0.383 e. The van der Waals surface area contributed by atoms with E-state index in [2.05, 4.69) is 21.1 Å². The molecule has 6 heteroatoms. The van der Waals surface area contributed by atoms with Gasteiger partial charge in [-0.1, -0.05) is 5.16 Å². The summed E-state index contributed by atoms with van der Waals surface area (Å²) in [5, 5.41) is 7.37. The van der Waals surface area contributed by atoms with Gasteiger partial charge in [0, 0.05) is 45.3 Å². The highest BCUT2D eigenvalue weighted by Crippen LogP contribution is 2.09. The van der Waals surface area contributed by atoms with Crippen molar-refractivity contribution in [1.29, 1.82) is 0 Å². The zero-order valence-electron chi connectivity index (χ0n) is 12.0. The molecule has 0 unspecified atom stereocenters. The summed E-state index contributed by atoms with van der Waals surface area (Å²) in [7, 11) is 3.34. The molecule has 0 amide bonds. The van der Waals surface area contributed by atoms with Gasteiger partial charge in [0.2, 0.25) is 0 Å². The summed E-state index contributed by atoms with van der Waals surface area (Å²) in [6, 6.07) is 6.05. The van der Waals surface area contributed by atoms with E-state index in [9.17, 15) is 0 Å². The second kappa shape index (κ2) is 7.84. The first-order valence-corrected chi connectivity index (χ1v) is 6.60. The average Bonchev–Trinajstić information content (AvgIpc) is 3.06. The maximum Gasteiger partial charge on any atom is 0.162 e. The molecule has 0 radical (unpaired) electrons. The minimum absolute atomic E-state index is 0.449. The lowest BCUT2D eigenvalue weighted by Gasteiger charge is -2.08. The maximum atomic E-state index is 5.19. The zero-order valence-corrected chi connectivity index (χ0v) is 12.0. The third kappa shape index (κ3) is 4.19. The van der Waals surface area contributed by atoms with Crippen molar-refractivity contribution in [2.75, 3.05) is 27.4 Å². The Labute approximate surface area is 118 Å². The average molecular weight is 279 g/mol. The Morgan fingerprint density at radius 2 is 2.25 bits per heavy atom. The minimum atomic E-state index is 0.449. The van der Waals surface area contributed by atoms with Crippen LogP contribution in [0.25, 0.3) is 0 Å². The monoisotopic (exact) mass is 279 g/mol. The van der Waals surface area contributed by atoms with Gasteiger partial charge in [-0.3, -0.25) is 0 Å². The Morgan fingerprint density at radius 1 is 1.35 bits per heavy atom. The van der Waals surface area contributed by atoms with E-state index in [1.165, 1.54) is 5.69 Å². The zero-order chi connectivity index (χ0) is 14.2. The molecule has 2 aromatic rings. The van der Waals surface area contributed by atoms with Gasteiger partial charge in [-0.2, -0.15) is 0 Å². The fraction of sp³-hybridized carbons (Fsp3) is 0.500. The summed E-state index contributed by atoms with van der Waals surface area (Å²) in [6.45, 7) is 3.50. The molecule has 0 atom stereocenters. The highest BCUT2D eigenvalue weighted by molar-refractivity contribution is 5.11. The van der Waals surface area contributed by atoms with E-state index < -0.39 is 0 Å². The van der Waals surface area contributed by atoms with Gasteiger partial charge in [-0.25, -0.2) is 0 Å². The number of ether oxygens (including phenoxy) is 2. The van der Waals surface area contributed by atoms with Crippen molar-refractivity contribution in [2.45, 2.75) is 19.7 Å². The van der Waals surface area contributed by atoms with E-state index in [0.717, 1.165) is 24.5 Å². The first-order valence-electron chi connectivity index (χ1n) is 6.60. The summed E-state index contributed by atoms with van der Waals surface area (Å²) >= 11 is 0. The lowest BCUT2D eigenvalue weighted by atomic mass is 10.3. The third-order valence-electron chi connectivity index (χ3n) is 2.94. The van der Waals surface area contributed by atoms with Crippen LogP contribution in [0.2, 0.25) is 0 Å². The van der Waals surface area contributed by atoms with Gasteiger partial charge in [0.05, 0.1) is 13.2 Å². The summed E-state index contributed by atoms with van der Waals surface area (Å²) in [6.07, 6.45) is 2.04. The van der Waals surface area contributed by atoms with Crippen LogP contribution in [0.15, 0.2) is 28.9 Å². The van der Waals surface area contributed by atoms with Gasteiger partial charge in [0.1, 0.15) is 12.3 Å². The fourth-order valence-corrected chi connectivity index (χ4v) is 1.97. The minimum Gasteiger partial charge on any atom is -0.383 e. The lowest BCUT2D eigenvalue weighted by Crippen LogP contribution is -2.20. The van der Waals surface area contributed by atoms with Crippen LogP contribution in [0, 0.1) is 0 Å². The molecule has 2 rings (SSSR count). The van der Waals surface area contributed by atoms with E-state index in [1.807, 2.05) is 18.3 Å². The van der Waals surface area contributed by atoms with Crippen molar-refractivity contribution in [1.82, 2.24) is 15.0 Å². The fourth-order valence-electron chi connectivity index (χ4n) is 1.97. The molecule has 0 aliphatic carbocycles. The summed E-state index contributed by atoms with van der Waals surface area (Å²) in [5.74, 6) is 0.745. The lowest BCUT2D eigenvalue weighted by molar-refractivity contribution is 0.155. The standard InChI is InChI=1S/C14H21N3O3/c1-18-7-5-15-9-13-4-3-6-17(13)10-12-8-14(11-19-2)20-16-12/h3-4,6,8,15H,5,7,9-11H2,1-2H3. The van der Waals surface area contributed by atoms with Crippen LogP contribution in [0.4, 0.5) is 0 Å². The molecule has 110 valence electrons. The second-order valence-electron chi connectivity index (χ2n) is 4.51. The van der Waals surface area contributed by atoms with Crippen LogP contribution >= 0.6 is 0 Å². The Bertz CT molecular complexity index is 507. The predicted octanol–water partition coefficient (Wildman–Crippen LogP) is 1.41. The Hall–Kier alpha value is -1.63. The molecule has 1 N–H and O–H groups in total. The van der Waals surface area contributed by atoms with Crippen LogP contribution in [-0.2, 0) is 29.2 Å². The van der Waals surface area contributed by atoms with Crippen LogP contribution in [0.1, 0.15) is 17.1 Å². The maximum absolute atomic E-state index is 5.19. The third-order valence-corrected chi connectivity index (χ3v) is 2.94. The molecule has 0 bridgehead atoms. The SMILES string of the molecule is COCCNCc1cccn1Cc1cc(COC)on1. The molecule has 0 saturated carbocycles. The van der Waals surface area contributed by atoms with Crippen molar-refractivity contribution in [3.8, 4) is 0 Å². The second-order valence-corrected chi connectivity index (χ2v) is 4.51. The van der Waals surface area contributed by atoms with Gasteiger partial charge in [-0.15, -0.1) is 0 Å². The molecule has 0 spiro atoms. The number of hydrogen-bond donors (Lipinski definition) is 1. The van der Waals surface area contributed by atoms with Crippen LogP contribution in [0.3, 0.4) is 0 Å². The van der Waals surface area contributed by atoms with E-state index in [4.69, 9.17) is 14.0 Å². The van der Waals surface area contributed by atoms with Crippen LogP contribution in [-0.4, -0.2) is 37.1 Å². The van der Waals surface area contributed by atoms with E-state index in [1.54, 1.807) is 14.2 Å². The Kier molecular flexibility index (Phi) is 5.79. The topological polar surface area (TPSA) is 61.5 Å². The number of aromatic nitrogens is 2. The quantitative estimate of drug-likeness (QED) is 0.703. The number of hydrogen-bond acceptors (Lipinski definition) is 5. The molecule has 0 fully saturated rings. The van der Waals surface area contributed by atoms with E-state index in [-0.39, 0.29) is 0 Å². The molecular formula is C14H21N3O3. The van der Waals surface area contributed by atoms with Crippen molar-refractivity contribution in [3.63, 3.8) is 0 Å². The number of rotatable bonds is 9. The normalized spacial score (nSPS) is 11.1. The molecule has 2 aromatic heterocycles. The van der Waals surface area contributed by atoms with Crippen LogP contribution in [0.5, 0.6) is 0 Å². The number of methoxy groups -OCH3 is 2. The molecule has 0 aliphatic rings. The van der Waals surface area contributed by atoms with Gasteiger partial charge in [0.25, 0.3) is 0 Å². The van der Waals surface area contributed by atoms with Crippen molar-refractivity contribution in [3.05, 3.63) is 41.5 Å². The van der Waals surface area contributed by atoms with Crippen molar-refractivity contribution >= 4 is 0 Å². The molecule has 20 heavy (non-hydrogen) atoms. The highest BCUT2D eigenvalue weighted by atomic mass is 16.5. The summed E-state index contributed by atoms with van der Waals surface area (Å²) in [5.41, 5.74) is 2.10. The molecule has 2 heterocycles. The highest BCUT2D eigenvalue weighted by Gasteiger charge is 2.07. The van der Waals surface area contributed by atoms with Gasteiger partial charge >= 0.3 is 0 Å². The number of nitrogens with zero attached hydrogens (tertiary/aromatic N) is 2. The Balaban J connectivity index is 1.90. The molecule has 0 saturated heterocycles. The summed E-state index contributed by atoms with van der Waals surface area (Å²) in [4.78, 5) is 0. The first-order chi connectivity index (χ1) is 9.83. The molecular weight excluding hydrogens is 258 g/mol. The van der Waals surface area contributed by atoms with Gasteiger partial charge in [-0.05, 0) is 12.1 Å².